The van der Waals surface area contributed by atoms with E-state index >= 15 is 0 Å². The normalized spacial score (nSPS) is 23.1. The summed E-state index contributed by atoms with van der Waals surface area (Å²) in [6.07, 6.45) is 1.64. The Bertz CT molecular complexity index is 473. The Hall–Kier alpha value is -1.11. The molecule has 0 aromatic carbocycles. The number of hydrogen-bond donors (Lipinski definition) is 3. The first-order valence-corrected chi connectivity index (χ1v) is 7.33. The van der Waals surface area contributed by atoms with Crippen LogP contribution in [-0.2, 0) is 6.42 Å². The second-order valence-corrected chi connectivity index (χ2v) is 5.67. The first-order valence-electron chi connectivity index (χ1n) is 6.95. The highest BCUT2D eigenvalue weighted by Crippen LogP contribution is 2.14. The Balaban J connectivity index is 2.05. The lowest BCUT2D eigenvalue weighted by molar-refractivity contribution is 0.0882. The van der Waals surface area contributed by atoms with Crippen molar-refractivity contribution in [2.45, 2.75) is 31.8 Å². The minimum atomic E-state index is -0.189. The molecule has 1 saturated heterocycles. The quantitative estimate of drug-likeness (QED) is 0.763. The molecule has 1 aliphatic heterocycles. The number of amides is 1. The summed E-state index contributed by atoms with van der Waals surface area (Å²) in [5.74, 6) is 0.105. The van der Waals surface area contributed by atoms with E-state index in [-0.39, 0.29) is 18.0 Å². The summed E-state index contributed by atoms with van der Waals surface area (Å²) in [7, 11) is 4.05. The van der Waals surface area contributed by atoms with Gasteiger partial charge in [0, 0.05) is 18.6 Å². The van der Waals surface area contributed by atoms with E-state index in [1.807, 2.05) is 21.0 Å². The molecule has 3 N–H and O–H groups in total. The van der Waals surface area contributed by atoms with E-state index in [1.54, 1.807) is 0 Å². The average molecular weight is 300 g/mol. The first-order chi connectivity index (χ1) is 9.52. The Kier molecular flexibility index (Phi) is 5.01. The van der Waals surface area contributed by atoms with Gasteiger partial charge in [0.05, 0.1) is 5.69 Å². The van der Waals surface area contributed by atoms with E-state index in [0.29, 0.717) is 11.0 Å². The van der Waals surface area contributed by atoms with Gasteiger partial charge in [-0.2, -0.15) is 0 Å². The first kappa shape index (κ1) is 15.3. The molecule has 2 rings (SSSR count). The molecule has 2 atom stereocenters. The summed E-state index contributed by atoms with van der Waals surface area (Å²) < 4.78 is 0. The third-order valence-corrected chi connectivity index (χ3v) is 4.04. The third-order valence-electron chi connectivity index (χ3n) is 3.73. The van der Waals surface area contributed by atoms with Gasteiger partial charge in [-0.05, 0) is 33.5 Å². The molecule has 2 heterocycles. The van der Waals surface area contributed by atoms with E-state index in [2.05, 4.69) is 25.5 Å². The smallest absolute Gasteiger partial charge is 0.287 e. The summed E-state index contributed by atoms with van der Waals surface area (Å²) in [6.45, 7) is 3.75. The predicted molar refractivity (Wildman–Crippen MR) is 79.2 cm³/mol. The molecule has 1 aromatic heterocycles. The van der Waals surface area contributed by atoms with Crippen molar-refractivity contribution in [1.29, 1.82) is 0 Å². The molecule has 1 aromatic rings. The van der Waals surface area contributed by atoms with Crippen LogP contribution in [0.2, 0.25) is 5.15 Å². The summed E-state index contributed by atoms with van der Waals surface area (Å²) >= 11 is 5.97. The molecule has 112 valence electrons. The number of likely N-dealkylation sites (N-methyl/N-ethyl adjacent to an activating group) is 1. The van der Waals surface area contributed by atoms with Gasteiger partial charge in [-0.1, -0.05) is 18.5 Å². The molecule has 0 saturated carbocycles. The topological polar surface area (TPSA) is 73.1 Å². The Morgan fingerprint density at radius 1 is 1.55 bits per heavy atom. The minimum absolute atomic E-state index is 0.118. The number of piperidine rings is 1. The Morgan fingerprint density at radius 2 is 2.30 bits per heavy atom. The van der Waals surface area contributed by atoms with Crippen molar-refractivity contribution in [3.05, 3.63) is 16.7 Å². The maximum Gasteiger partial charge on any atom is 0.287 e. The number of aryl methyl sites for hydroxylation is 1. The monoisotopic (exact) mass is 299 g/mol. The third kappa shape index (κ3) is 3.31. The molecule has 2 unspecified atom stereocenters. The Morgan fingerprint density at radius 3 is 2.90 bits per heavy atom. The van der Waals surface area contributed by atoms with E-state index in [0.717, 1.165) is 31.6 Å². The second kappa shape index (κ2) is 6.56. The summed E-state index contributed by atoms with van der Waals surface area (Å²) in [5, 5.41) is 6.78. The van der Waals surface area contributed by atoms with E-state index in [1.165, 1.54) is 0 Å². The van der Waals surface area contributed by atoms with Crippen LogP contribution in [0.25, 0.3) is 0 Å². The number of aromatic amines is 1. The number of carbonyl (C=O) groups is 1. The molecule has 6 nitrogen and oxygen atoms in total. The fourth-order valence-electron chi connectivity index (χ4n) is 2.52. The number of H-pyrrole nitrogens is 1. The average Bonchev–Trinajstić information content (AvgIpc) is 2.80. The number of carbonyl (C=O) groups excluding carboxylic acids is 1. The van der Waals surface area contributed by atoms with Gasteiger partial charge in [0.25, 0.3) is 5.91 Å². The van der Waals surface area contributed by atoms with Crippen LogP contribution >= 0.6 is 11.6 Å². The highest BCUT2D eigenvalue weighted by Gasteiger charge is 2.28. The van der Waals surface area contributed by atoms with Gasteiger partial charge in [-0.15, -0.1) is 0 Å². The van der Waals surface area contributed by atoms with Gasteiger partial charge in [-0.25, -0.2) is 4.98 Å². The van der Waals surface area contributed by atoms with E-state index in [4.69, 9.17) is 11.6 Å². The fraction of sp³-hybridized carbons (Fsp3) is 0.692. The van der Waals surface area contributed by atoms with Crippen LogP contribution in [-0.4, -0.2) is 60.0 Å². The summed E-state index contributed by atoms with van der Waals surface area (Å²) in [6, 6.07) is 0.400. The largest absolute Gasteiger partial charge is 0.345 e. The lowest BCUT2D eigenvalue weighted by atomic mass is 10.00. The standard InChI is InChI=1S/C13H22ClN5O/c1-4-8-11(14)18-12(16-8)13(20)17-9-5-6-15-7-10(9)19(2)3/h9-10,15H,4-7H2,1-3H3,(H,16,18)(H,17,20). The van der Waals surface area contributed by atoms with Crippen LogP contribution in [0.15, 0.2) is 0 Å². The predicted octanol–water partition coefficient (Wildman–Crippen LogP) is 0.647. The lowest BCUT2D eigenvalue weighted by Crippen LogP contribution is -2.58. The molecular formula is C13H22ClN5O. The van der Waals surface area contributed by atoms with Crippen LogP contribution in [0.5, 0.6) is 0 Å². The van der Waals surface area contributed by atoms with Gasteiger partial charge >= 0.3 is 0 Å². The van der Waals surface area contributed by atoms with Crippen molar-refractivity contribution < 1.29 is 4.79 Å². The van der Waals surface area contributed by atoms with Gasteiger partial charge < -0.3 is 20.5 Å². The van der Waals surface area contributed by atoms with E-state index < -0.39 is 0 Å². The summed E-state index contributed by atoms with van der Waals surface area (Å²) in [4.78, 5) is 21.5. The zero-order valence-electron chi connectivity index (χ0n) is 12.2. The number of hydrogen-bond acceptors (Lipinski definition) is 4. The van der Waals surface area contributed by atoms with Crippen molar-refractivity contribution in [1.82, 2.24) is 25.5 Å². The minimum Gasteiger partial charge on any atom is -0.345 e. The zero-order chi connectivity index (χ0) is 14.7. The van der Waals surface area contributed by atoms with Gasteiger partial charge in [0.15, 0.2) is 11.0 Å². The van der Waals surface area contributed by atoms with E-state index in [9.17, 15) is 4.79 Å². The maximum absolute atomic E-state index is 12.3. The van der Waals surface area contributed by atoms with Crippen molar-refractivity contribution in [3.8, 4) is 0 Å². The zero-order valence-corrected chi connectivity index (χ0v) is 12.9. The van der Waals surface area contributed by atoms with Crippen LogP contribution < -0.4 is 10.6 Å². The summed E-state index contributed by atoms with van der Waals surface area (Å²) in [5.41, 5.74) is 0.797. The number of rotatable bonds is 4. The number of nitrogens with zero attached hydrogens (tertiary/aromatic N) is 2. The second-order valence-electron chi connectivity index (χ2n) is 5.31. The van der Waals surface area contributed by atoms with Crippen molar-refractivity contribution in [2.75, 3.05) is 27.2 Å². The van der Waals surface area contributed by atoms with Crippen LogP contribution in [0.4, 0.5) is 0 Å². The van der Waals surface area contributed by atoms with Crippen molar-refractivity contribution in [3.63, 3.8) is 0 Å². The van der Waals surface area contributed by atoms with Gasteiger partial charge in [0.1, 0.15) is 0 Å². The van der Waals surface area contributed by atoms with Gasteiger partial charge in [0.2, 0.25) is 0 Å². The lowest BCUT2D eigenvalue weighted by Gasteiger charge is -2.36. The van der Waals surface area contributed by atoms with Crippen LogP contribution in [0.3, 0.4) is 0 Å². The Labute approximate surface area is 124 Å². The molecular weight excluding hydrogens is 278 g/mol. The van der Waals surface area contributed by atoms with Crippen molar-refractivity contribution in [2.24, 2.45) is 0 Å². The number of imidazole rings is 1. The van der Waals surface area contributed by atoms with Crippen molar-refractivity contribution >= 4 is 17.5 Å². The number of nitrogens with one attached hydrogen (secondary N) is 3. The molecule has 0 spiro atoms. The van der Waals surface area contributed by atoms with Crippen LogP contribution in [0.1, 0.15) is 29.7 Å². The maximum atomic E-state index is 12.3. The van der Waals surface area contributed by atoms with Crippen LogP contribution in [0, 0.1) is 0 Å². The molecule has 0 bridgehead atoms. The fourth-order valence-corrected chi connectivity index (χ4v) is 2.79. The molecule has 1 amide bonds. The number of halogens is 1. The van der Waals surface area contributed by atoms with Gasteiger partial charge in [-0.3, -0.25) is 4.79 Å². The SMILES string of the molecule is CCc1[nH]c(C(=O)NC2CCNCC2N(C)C)nc1Cl. The highest BCUT2D eigenvalue weighted by atomic mass is 35.5. The molecule has 1 fully saturated rings. The molecule has 7 heteroatoms. The number of aromatic nitrogens is 2. The molecule has 20 heavy (non-hydrogen) atoms. The molecule has 1 aliphatic rings. The molecule has 0 aliphatic carbocycles. The highest BCUT2D eigenvalue weighted by molar-refractivity contribution is 6.30. The molecule has 0 radical (unpaired) electrons.